The van der Waals surface area contributed by atoms with Crippen molar-refractivity contribution >= 4 is 6.03 Å². The number of benzene rings is 1. The molecule has 0 bridgehead atoms. The molecule has 0 aliphatic heterocycles. The molecular weight excluding hydrogens is 314 g/mol. The quantitative estimate of drug-likeness (QED) is 0.757. The van der Waals surface area contributed by atoms with Crippen molar-refractivity contribution in [2.75, 3.05) is 6.54 Å². The average molecular weight is 339 g/mol. The summed E-state index contributed by atoms with van der Waals surface area (Å²) in [5.74, 6) is 0.911. The number of aliphatic hydroxyl groups excluding tert-OH is 1. The molecule has 1 saturated carbocycles. The van der Waals surface area contributed by atoms with E-state index in [1.54, 1.807) is 24.5 Å². The molecule has 0 radical (unpaired) electrons. The third-order valence-corrected chi connectivity index (χ3v) is 4.66. The van der Waals surface area contributed by atoms with Gasteiger partial charge in [-0.25, -0.2) is 4.79 Å². The molecule has 5 nitrogen and oxygen atoms in total. The first-order valence-electron chi connectivity index (χ1n) is 8.77. The minimum absolute atomic E-state index is 0.165. The van der Waals surface area contributed by atoms with Crippen molar-refractivity contribution in [2.24, 2.45) is 0 Å². The molecule has 1 fully saturated rings. The maximum absolute atomic E-state index is 12.0. The lowest BCUT2D eigenvalue weighted by atomic mass is 10.0. The minimum atomic E-state index is -0.752. The topological polar surface area (TPSA) is 74.2 Å². The van der Waals surface area contributed by atoms with Crippen molar-refractivity contribution < 1.29 is 9.90 Å². The SMILES string of the molecule is CC(C)c1ccc([C@@H]2C[C@H]2NC(=O)NC[C@@H](O)c2cccnc2)cc1. The highest BCUT2D eigenvalue weighted by Gasteiger charge is 2.39. The number of amides is 2. The molecule has 0 unspecified atom stereocenters. The number of nitrogens with one attached hydrogen (secondary N) is 2. The van der Waals surface area contributed by atoms with Crippen molar-refractivity contribution in [3.05, 3.63) is 65.5 Å². The zero-order valence-corrected chi connectivity index (χ0v) is 14.6. The number of aliphatic hydroxyl groups is 1. The largest absolute Gasteiger partial charge is 0.387 e. The summed E-state index contributed by atoms with van der Waals surface area (Å²) in [5.41, 5.74) is 3.29. The Bertz CT molecular complexity index is 701. The number of carbonyl (C=O) groups excluding carboxylic acids is 1. The van der Waals surface area contributed by atoms with Gasteiger partial charge in [0.1, 0.15) is 0 Å². The number of rotatable bonds is 6. The van der Waals surface area contributed by atoms with Crippen molar-refractivity contribution in [2.45, 2.75) is 44.2 Å². The highest BCUT2D eigenvalue weighted by atomic mass is 16.3. The predicted molar refractivity (Wildman–Crippen MR) is 97.4 cm³/mol. The standard InChI is InChI=1S/C20H25N3O2/c1-13(2)14-5-7-15(8-6-14)17-10-18(17)23-20(25)22-12-19(24)16-4-3-9-21-11-16/h3-9,11,13,17-19,24H,10,12H2,1-2H3,(H2,22,23,25)/t17-,18+,19+/m0/s1. The molecule has 2 amide bonds. The molecule has 1 aliphatic carbocycles. The molecule has 5 heteroatoms. The first kappa shape index (κ1) is 17.4. The normalized spacial score (nSPS) is 20.2. The molecule has 0 spiro atoms. The van der Waals surface area contributed by atoms with E-state index in [-0.39, 0.29) is 18.6 Å². The van der Waals surface area contributed by atoms with E-state index in [0.29, 0.717) is 17.4 Å². The smallest absolute Gasteiger partial charge is 0.315 e. The highest BCUT2D eigenvalue weighted by molar-refractivity contribution is 5.75. The Kier molecular flexibility index (Phi) is 5.34. The van der Waals surface area contributed by atoms with Crippen LogP contribution in [0.4, 0.5) is 4.79 Å². The van der Waals surface area contributed by atoms with Crippen LogP contribution >= 0.6 is 0 Å². The lowest BCUT2D eigenvalue weighted by Gasteiger charge is -2.12. The molecule has 25 heavy (non-hydrogen) atoms. The van der Waals surface area contributed by atoms with Gasteiger partial charge in [0.2, 0.25) is 0 Å². The van der Waals surface area contributed by atoms with Gasteiger partial charge in [0.05, 0.1) is 6.10 Å². The van der Waals surface area contributed by atoms with Gasteiger partial charge in [-0.15, -0.1) is 0 Å². The molecule has 1 aromatic carbocycles. The van der Waals surface area contributed by atoms with E-state index in [9.17, 15) is 9.90 Å². The second kappa shape index (κ2) is 7.66. The van der Waals surface area contributed by atoms with Crippen molar-refractivity contribution in [1.29, 1.82) is 0 Å². The van der Waals surface area contributed by atoms with Gasteiger partial charge in [-0.1, -0.05) is 44.2 Å². The number of aromatic nitrogens is 1. The molecule has 0 saturated heterocycles. The van der Waals surface area contributed by atoms with E-state index in [2.05, 4.69) is 53.7 Å². The van der Waals surface area contributed by atoms with Crippen LogP contribution in [-0.4, -0.2) is 28.7 Å². The van der Waals surface area contributed by atoms with Crippen LogP contribution in [0.25, 0.3) is 0 Å². The van der Waals surface area contributed by atoms with E-state index in [4.69, 9.17) is 0 Å². The molecule has 1 heterocycles. The molecule has 3 atom stereocenters. The Morgan fingerprint density at radius 2 is 2.00 bits per heavy atom. The van der Waals surface area contributed by atoms with Gasteiger partial charge in [-0.05, 0) is 29.5 Å². The number of urea groups is 1. The van der Waals surface area contributed by atoms with Crippen LogP contribution in [0, 0.1) is 0 Å². The molecule has 132 valence electrons. The minimum Gasteiger partial charge on any atom is -0.387 e. The second-order valence-electron chi connectivity index (χ2n) is 6.93. The van der Waals surface area contributed by atoms with Gasteiger partial charge in [-0.3, -0.25) is 4.98 Å². The van der Waals surface area contributed by atoms with Crippen LogP contribution in [0.2, 0.25) is 0 Å². The summed E-state index contributed by atoms with van der Waals surface area (Å²) in [6, 6.07) is 12.1. The van der Waals surface area contributed by atoms with E-state index >= 15 is 0 Å². The Hall–Kier alpha value is -2.40. The lowest BCUT2D eigenvalue weighted by molar-refractivity contribution is 0.172. The first-order valence-corrected chi connectivity index (χ1v) is 8.77. The maximum atomic E-state index is 12.0. The number of pyridine rings is 1. The molecular formula is C20H25N3O2. The van der Waals surface area contributed by atoms with E-state index < -0.39 is 6.10 Å². The van der Waals surface area contributed by atoms with Crippen LogP contribution < -0.4 is 10.6 Å². The van der Waals surface area contributed by atoms with Crippen LogP contribution in [-0.2, 0) is 0 Å². The van der Waals surface area contributed by atoms with E-state index in [1.165, 1.54) is 11.1 Å². The number of carbonyl (C=O) groups is 1. The van der Waals surface area contributed by atoms with Crippen LogP contribution in [0.1, 0.15) is 54.9 Å². The molecule has 1 aliphatic rings. The summed E-state index contributed by atoms with van der Waals surface area (Å²) in [6.07, 6.45) is 3.46. The van der Waals surface area contributed by atoms with Crippen molar-refractivity contribution in [1.82, 2.24) is 15.6 Å². The molecule has 2 aromatic rings. The van der Waals surface area contributed by atoms with Crippen LogP contribution in [0.15, 0.2) is 48.8 Å². The highest BCUT2D eigenvalue weighted by Crippen LogP contribution is 2.41. The predicted octanol–water partition coefficient (Wildman–Crippen LogP) is 3.09. The van der Waals surface area contributed by atoms with Crippen molar-refractivity contribution in [3.63, 3.8) is 0 Å². The zero-order chi connectivity index (χ0) is 17.8. The summed E-state index contributed by atoms with van der Waals surface area (Å²) in [6.45, 7) is 4.53. The van der Waals surface area contributed by atoms with Crippen molar-refractivity contribution in [3.8, 4) is 0 Å². The third-order valence-electron chi connectivity index (χ3n) is 4.66. The number of hydrogen-bond donors (Lipinski definition) is 3. The summed E-state index contributed by atoms with van der Waals surface area (Å²) in [5, 5.41) is 15.7. The van der Waals surface area contributed by atoms with Crippen LogP contribution in [0.3, 0.4) is 0 Å². The number of nitrogens with zero attached hydrogens (tertiary/aromatic N) is 1. The Morgan fingerprint density at radius 1 is 1.24 bits per heavy atom. The van der Waals surface area contributed by atoms with E-state index in [0.717, 1.165) is 6.42 Å². The molecule has 1 aromatic heterocycles. The van der Waals surface area contributed by atoms with Gasteiger partial charge in [0.25, 0.3) is 0 Å². The maximum Gasteiger partial charge on any atom is 0.315 e. The molecule has 3 N–H and O–H groups in total. The lowest BCUT2D eigenvalue weighted by Crippen LogP contribution is -2.39. The fraction of sp³-hybridized carbons (Fsp3) is 0.400. The van der Waals surface area contributed by atoms with Gasteiger partial charge in [0, 0.05) is 36.5 Å². The average Bonchev–Trinajstić information content (AvgIpc) is 3.39. The molecule has 3 rings (SSSR count). The summed E-state index contributed by atoms with van der Waals surface area (Å²) < 4.78 is 0. The summed E-state index contributed by atoms with van der Waals surface area (Å²) >= 11 is 0. The van der Waals surface area contributed by atoms with Crippen LogP contribution in [0.5, 0.6) is 0 Å². The summed E-state index contributed by atoms with van der Waals surface area (Å²) in [4.78, 5) is 16.0. The summed E-state index contributed by atoms with van der Waals surface area (Å²) in [7, 11) is 0. The Labute approximate surface area is 148 Å². The second-order valence-corrected chi connectivity index (χ2v) is 6.93. The van der Waals surface area contributed by atoms with Gasteiger partial charge in [-0.2, -0.15) is 0 Å². The number of hydrogen-bond acceptors (Lipinski definition) is 3. The Morgan fingerprint density at radius 3 is 2.64 bits per heavy atom. The Balaban J connectivity index is 1.44. The third kappa shape index (κ3) is 4.57. The van der Waals surface area contributed by atoms with E-state index in [1.807, 2.05) is 0 Å². The van der Waals surface area contributed by atoms with Gasteiger partial charge >= 0.3 is 6.03 Å². The van der Waals surface area contributed by atoms with Gasteiger partial charge in [0.15, 0.2) is 0 Å². The fourth-order valence-electron chi connectivity index (χ4n) is 2.95. The fourth-order valence-corrected chi connectivity index (χ4v) is 2.95. The monoisotopic (exact) mass is 339 g/mol. The van der Waals surface area contributed by atoms with Gasteiger partial charge < -0.3 is 15.7 Å². The zero-order valence-electron chi connectivity index (χ0n) is 14.6. The first-order chi connectivity index (χ1) is 12.0.